The predicted molar refractivity (Wildman–Crippen MR) is 72.4 cm³/mol. The Balaban J connectivity index is 1.76. The SMILES string of the molecule is CN1CC2CCC1C(Oc1ncc(C(F)(F)F)cc1Cl)C2. The van der Waals surface area contributed by atoms with Crippen LogP contribution in [0.2, 0.25) is 5.02 Å². The normalized spacial score (nSPS) is 29.7. The summed E-state index contributed by atoms with van der Waals surface area (Å²) in [4.78, 5) is 6.01. The molecule has 1 aromatic rings. The zero-order valence-electron chi connectivity index (χ0n) is 11.5. The predicted octanol–water partition coefficient (Wildman–Crippen LogP) is 3.62. The van der Waals surface area contributed by atoms with E-state index in [4.69, 9.17) is 16.3 Å². The van der Waals surface area contributed by atoms with Crippen molar-refractivity contribution in [3.05, 3.63) is 22.8 Å². The fraction of sp³-hybridized carbons (Fsp3) is 0.643. The molecule has 3 fully saturated rings. The molecule has 0 radical (unpaired) electrons. The molecule has 2 bridgehead atoms. The summed E-state index contributed by atoms with van der Waals surface area (Å²) < 4.78 is 43.6. The second kappa shape index (κ2) is 5.32. The summed E-state index contributed by atoms with van der Waals surface area (Å²) in [5.74, 6) is 0.675. The molecule has 21 heavy (non-hydrogen) atoms. The molecule has 1 aliphatic carbocycles. The molecule has 3 unspecified atom stereocenters. The van der Waals surface area contributed by atoms with E-state index in [1.54, 1.807) is 0 Å². The van der Waals surface area contributed by atoms with E-state index >= 15 is 0 Å². The lowest BCUT2D eigenvalue weighted by atomic mass is 9.78. The Morgan fingerprint density at radius 3 is 2.71 bits per heavy atom. The van der Waals surface area contributed by atoms with Crippen LogP contribution in [0.25, 0.3) is 0 Å². The lowest BCUT2D eigenvalue weighted by Gasteiger charge is -2.47. The van der Waals surface area contributed by atoms with Gasteiger partial charge in [0.15, 0.2) is 0 Å². The molecule has 1 aromatic heterocycles. The number of likely N-dealkylation sites (N-methyl/N-ethyl adjacent to an activating group) is 1. The van der Waals surface area contributed by atoms with Crippen LogP contribution >= 0.6 is 11.6 Å². The highest BCUT2D eigenvalue weighted by Crippen LogP contribution is 2.38. The lowest BCUT2D eigenvalue weighted by molar-refractivity contribution is -0.137. The number of pyridine rings is 1. The first kappa shape index (κ1) is 14.9. The summed E-state index contributed by atoms with van der Waals surface area (Å²) in [5, 5.41) is -0.0890. The van der Waals surface area contributed by atoms with Gasteiger partial charge in [0.2, 0.25) is 5.88 Å². The van der Waals surface area contributed by atoms with Gasteiger partial charge in [-0.3, -0.25) is 4.90 Å². The van der Waals surface area contributed by atoms with Gasteiger partial charge >= 0.3 is 6.18 Å². The third-order valence-electron chi connectivity index (χ3n) is 4.38. The molecule has 3 atom stereocenters. The summed E-state index contributed by atoms with van der Waals surface area (Å²) in [6.45, 7) is 1.05. The fourth-order valence-electron chi connectivity index (χ4n) is 3.35. The van der Waals surface area contributed by atoms with Gasteiger partial charge in [-0.25, -0.2) is 4.98 Å². The zero-order valence-corrected chi connectivity index (χ0v) is 12.3. The number of fused-ring (bicyclic) bond motifs is 3. The van der Waals surface area contributed by atoms with Crippen LogP contribution in [0, 0.1) is 5.92 Å². The zero-order chi connectivity index (χ0) is 15.2. The van der Waals surface area contributed by atoms with Crippen LogP contribution in [0.3, 0.4) is 0 Å². The number of hydrogen-bond acceptors (Lipinski definition) is 3. The first-order chi connectivity index (χ1) is 9.84. The smallest absolute Gasteiger partial charge is 0.417 e. The maximum absolute atomic E-state index is 12.6. The van der Waals surface area contributed by atoms with Crippen molar-refractivity contribution in [1.29, 1.82) is 0 Å². The van der Waals surface area contributed by atoms with Crippen LogP contribution in [0.4, 0.5) is 13.2 Å². The summed E-state index contributed by atoms with van der Waals surface area (Å²) in [6.07, 6.45) is -0.587. The van der Waals surface area contributed by atoms with Crippen molar-refractivity contribution in [3.8, 4) is 5.88 Å². The van der Waals surface area contributed by atoms with Gasteiger partial charge in [-0.05, 0) is 38.3 Å². The number of piperidine rings is 2. The minimum Gasteiger partial charge on any atom is -0.472 e. The first-order valence-electron chi connectivity index (χ1n) is 6.94. The van der Waals surface area contributed by atoms with Crippen molar-refractivity contribution in [3.63, 3.8) is 0 Å². The Morgan fingerprint density at radius 2 is 2.14 bits per heavy atom. The Morgan fingerprint density at radius 1 is 1.38 bits per heavy atom. The largest absolute Gasteiger partial charge is 0.472 e. The molecular weight excluding hydrogens is 305 g/mol. The van der Waals surface area contributed by atoms with Crippen LogP contribution in [0.15, 0.2) is 12.3 Å². The minimum atomic E-state index is -4.45. The highest BCUT2D eigenvalue weighted by Gasteiger charge is 2.41. The van der Waals surface area contributed by atoms with Gasteiger partial charge in [0.05, 0.1) is 5.56 Å². The van der Waals surface area contributed by atoms with Crippen LogP contribution in [-0.4, -0.2) is 35.6 Å². The number of rotatable bonds is 2. The highest BCUT2D eigenvalue weighted by atomic mass is 35.5. The number of hydrogen-bond donors (Lipinski definition) is 0. The first-order valence-corrected chi connectivity index (χ1v) is 7.32. The molecule has 1 saturated carbocycles. The van der Waals surface area contributed by atoms with E-state index in [0.717, 1.165) is 31.6 Å². The average Bonchev–Trinajstić information content (AvgIpc) is 2.40. The molecule has 116 valence electrons. The lowest BCUT2D eigenvalue weighted by Crippen LogP contribution is -2.55. The molecule has 3 nitrogen and oxygen atoms in total. The van der Waals surface area contributed by atoms with Gasteiger partial charge in [-0.2, -0.15) is 13.2 Å². The molecule has 2 aliphatic heterocycles. The third-order valence-corrected chi connectivity index (χ3v) is 4.65. The molecule has 4 rings (SSSR count). The highest BCUT2D eigenvalue weighted by molar-refractivity contribution is 6.31. The second-order valence-electron chi connectivity index (χ2n) is 5.85. The average molecular weight is 321 g/mol. The van der Waals surface area contributed by atoms with E-state index in [1.807, 2.05) is 7.05 Å². The molecule has 3 aliphatic rings. The second-order valence-corrected chi connectivity index (χ2v) is 6.26. The van der Waals surface area contributed by atoms with Gasteiger partial charge < -0.3 is 4.74 Å². The Hall–Kier alpha value is -1.01. The summed E-state index contributed by atoms with van der Waals surface area (Å²) in [6, 6.07) is 1.16. The summed E-state index contributed by atoms with van der Waals surface area (Å²) in [7, 11) is 2.05. The molecule has 0 N–H and O–H groups in total. The fourth-order valence-corrected chi connectivity index (χ4v) is 3.56. The van der Waals surface area contributed by atoms with Gasteiger partial charge in [0, 0.05) is 18.8 Å². The van der Waals surface area contributed by atoms with E-state index in [-0.39, 0.29) is 23.0 Å². The standard InChI is InChI=1S/C14H16ClF3N2O/c1-20-7-8-2-3-11(20)12(4-8)21-13-10(15)5-9(6-19-13)14(16,17)18/h5-6,8,11-12H,2-4,7H2,1H3. The van der Waals surface area contributed by atoms with Crippen LogP contribution < -0.4 is 4.74 Å². The summed E-state index contributed by atoms with van der Waals surface area (Å²) >= 11 is 5.89. The quantitative estimate of drug-likeness (QED) is 0.832. The van der Waals surface area contributed by atoms with E-state index in [1.165, 1.54) is 6.42 Å². The van der Waals surface area contributed by atoms with E-state index in [0.29, 0.717) is 5.92 Å². The monoisotopic (exact) mass is 320 g/mol. The molecule has 3 heterocycles. The molecule has 7 heteroatoms. The topological polar surface area (TPSA) is 25.4 Å². The molecule has 0 aromatic carbocycles. The van der Waals surface area contributed by atoms with Gasteiger partial charge in [-0.15, -0.1) is 0 Å². The molecular formula is C14H16ClF3N2O. The Kier molecular flexibility index (Phi) is 3.78. The van der Waals surface area contributed by atoms with Crippen molar-refractivity contribution in [2.45, 2.75) is 37.6 Å². The Bertz CT molecular complexity index is 537. The van der Waals surface area contributed by atoms with Crippen molar-refractivity contribution >= 4 is 11.6 Å². The molecule has 0 amide bonds. The van der Waals surface area contributed by atoms with Crippen molar-refractivity contribution in [2.24, 2.45) is 5.92 Å². The van der Waals surface area contributed by atoms with Crippen LogP contribution in [-0.2, 0) is 6.18 Å². The van der Waals surface area contributed by atoms with Crippen molar-refractivity contribution in [2.75, 3.05) is 13.6 Å². The Labute approximate surface area is 126 Å². The number of nitrogens with zero attached hydrogens (tertiary/aromatic N) is 2. The number of alkyl halides is 3. The molecule has 0 spiro atoms. The molecule has 2 saturated heterocycles. The number of halogens is 4. The number of ether oxygens (including phenoxy) is 1. The minimum absolute atomic E-state index is 0.0516. The van der Waals surface area contributed by atoms with Crippen molar-refractivity contribution < 1.29 is 17.9 Å². The van der Waals surface area contributed by atoms with Crippen LogP contribution in [0.5, 0.6) is 5.88 Å². The maximum Gasteiger partial charge on any atom is 0.417 e. The van der Waals surface area contributed by atoms with Gasteiger partial charge in [0.1, 0.15) is 11.1 Å². The van der Waals surface area contributed by atoms with Crippen LogP contribution in [0.1, 0.15) is 24.8 Å². The van der Waals surface area contributed by atoms with Gasteiger partial charge in [-0.1, -0.05) is 11.6 Å². The van der Waals surface area contributed by atoms with E-state index in [9.17, 15) is 13.2 Å². The van der Waals surface area contributed by atoms with Gasteiger partial charge in [0.25, 0.3) is 0 Å². The van der Waals surface area contributed by atoms with E-state index in [2.05, 4.69) is 9.88 Å². The summed E-state index contributed by atoms with van der Waals surface area (Å²) in [5.41, 5.74) is -0.859. The van der Waals surface area contributed by atoms with E-state index < -0.39 is 11.7 Å². The third kappa shape index (κ3) is 2.97. The maximum atomic E-state index is 12.6. The number of aromatic nitrogens is 1. The van der Waals surface area contributed by atoms with Crippen molar-refractivity contribution in [1.82, 2.24) is 9.88 Å².